The van der Waals surface area contributed by atoms with Crippen molar-refractivity contribution < 1.29 is 4.79 Å². The number of benzene rings is 1. The zero-order valence-corrected chi connectivity index (χ0v) is 7.77. The van der Waals surface area contributed by atoms with Crippen LogP contribution in [0.2, 0.25) is 0 Å². The van der Waals surface area contributed by atoms with Crippen LogP contribution in [0, 0.1) is 0 Å². The molecular formula is C9H11NOS. The number of thiol groups is 1. The van der Waals surface area contributed by atoms with E-state index in [1.165, 1.54) is 6.92 Å². The van der Waals surface area contributed by atoms with Crippen LogP contribution in [0.25, 0.3) is 0 Å². The number of hydrogen-bond donors (Lipinski definition) is 2. The first kappa shape index (κ1) is 9.13. The fourth-order valence-corrected chi connectivity index (χ4v) is 1.15. The predicted octanol–water partition coefficient (Wildman–Crippen LogP) is 2.07. The Morgan fingerprint density at radius 1 is 1.58 bits per heavy atom. The lowest BCUT2D eigenvalue weighted by Crippen LogP contribution is -2.05. The molecule has 1 rings (SSSR count). The summed E-state index contributed by atoms with van der Waals surface area (Å²) in [6, 6.07) is 7.64. The molecule has 0 aliphatic carbocycles. The van der Waals surface area contributed by atoms with Gasteiger partial charge >= 0.3 is 0 Å². The molecule has 0 fully saturated rings. The molecule has 0 spiro atoms. The number of carbonyl (C=O) groups excluding carboxylic acids is 1. The molecule has 64 valence electrons. The Balaban J connectivity index is 2.79. The molecule has 0 bridgehead atoms. The van der Waals surface area contributed by atoms with Crippen LogP contribution >= 0.6 is 12.6 Å². The Bertz CT molecular complexity index is 286. The summed E-state index contributed by atoms with van der Waals surface area (Å²) in [5, 5.41) is 2.71. The molecule has 1 aromatic rings. The van der Waals surface area contributed by atoms with Crippen LogP contribution in [-0.2, 0) is 10.5 Å². The van der Waals surface area contributed by atoms with E-state index in [9.17, 15) is 4.79 Å². The van der Waals surface area contributed by atoms with Crippen molar-refractivity contribution in [2.45, 2.75) is 12.7 Å². The number of rotatable bonds is 2. The summed E-state index contributed by atoms with van der Waals surface area (Å²) >= 11 is 4.14. The van der Waals surface area contributed by atoms with Crippen molar-refractivity contribution in [3.63, 3.8) is 0 Å². The Labute approximate surface area is 77.4 Å². The van der Waals surface area contributed by atoms with E-state index >= 15 is 0 Å². The quantitative estimate of drug-likeness (QED) is 0.672. The van der Waals surface area contributed by atoms with Crippen molar-refractivity contribution in [2.24, 2.45) is 0 Å². The normalized spacial score (nSPS) is 9.50. The molecule has 1 N–H and O–H groups in total. The molecule has 12 heavy (non-hydrogen) atoms. The maximum absolute atomic E-state index is 10.7. The van der Waals surface area contributed by atoms with Crippen molar-refractivity contribution in [3.05, 3.63) is 29.8 Å². The molecule has 0 atom stereocenters. The summed E-state index contributed by atoms with van der Waals surface area (Å²) in [5.41, 5.74) is 1.93. The molecule has 2 nitrogen and oxygen atoms in total. The minimum atomic E-state index is -0.0497. The smallest absolute Gasteiger partial charge is 0.221 e. The average Bonchev–Trinajstić information content (AvgIpc) is 2.03. The molecule has 0 unspecified atom stereocenters. The van der Waals surface area contributed by atoms with E-state index in [1.807, 2.05) is 24.3 Å². The van der Waals surface area contributed by atoms with Crippen LogP contribution in [-0.4, -0.2) is 5.91 Å². The number of anilines is 1. The number of nitrogens with one attached hydrogen (secondary N) is 1. The zero-order valence-electron chi connectivity index (χ0n) is 6.87. The number of carbonyl (C=O) groups is 1. The van der Waals surface area contributed by atoms with Crippen LogP contribution in [0.3, 0.4) is 0 Å². The lowest BCUT2D eigenvalue weighted by molar-refractivity contribution is -0.114. The minimum Gasteiger partial charge on any atom is -0.326 e. The van der Waals surface area contributed by atoms with E-state index in [2.05, 4.69) is 17.9 Å². The fourth-order valence-electron chi connectivity index (χ4n) is 0.951. The van der Waals surface area contributed by atoms with Crippen molar-refractivity contribution in [2.75, 3.05) is 5.32 Å². The van der Waals surface area contributed by atoms with Crippen LogP contribution in [0.4, 0.5) is 5.69 Å². The van der Waals surface area contributed by atoms with Gasteiger partial charge in [0.05, 0.1) is 0 Å². The topological polar surface area (TPSA) is 29.1 Å². The molecule has 0 aromatic heterocycles. The SMILES string of the molecule is CC(=O)Nc1cccc(CS)c1. The zero-order chi connectivity index (χ0) is 8.97. The molecule has 1 aromatic carbocycles. The summed E-state index contributed by atoms with van der Waals surface area (Å²) in [6.07, 6.45) is 0. The Hall–Kier alpha value is -0.960. The minimum absolute atomic E-state index is 0.0497. The Morgan fingerprint density at radius 2 is 2.33 bits per heavy atom. The lowest BCUT2D eigenvalue weighted by atomic mass is 10.2. The van der Waals surface area contributed by atoms with Gasteiger partial charge in [-0.3, -0.25) is 4.79 Å². The second-order valence-electron chi connectivity index (χ2n) is 2.54. The average molecular weight is 181 g/mol. The second-order valence-corrected chi connectivity index (χ2v) is 2.86. The molecular weight excluding hydrogens is 170 g/mol. The van der Waals surface area contributed by atoms with Gasteiger partial charge in [-0.25, -0.2) is 0 Å². The van der Waals surface area contributed by atoms with Crippen LogP contribution in [0.1, 0.15) is 12.5 Å². The lowest BCUT2D eigenvalue weighted by Gasteiger charge is -2.02. The van der Waals surface area contributed by atoms with Gasteiger partial charge in [-0.05, 0) is 17.7 Å². The number of amides is 1. The first-order chi connectivity index (χ1) is 5.72. The Kier molecular flexibility index (Phi) is 3.17. The molecule has 0 saturated heterocycles. The van der Waals surface area contributed by atoms with Gasteiger partial charge in [0.15, 0.2) is 0 Å². The highest BCUT2D eigenvalue weighted by atomic mass is 32.1. The van der Waals surface area contributed by atoms with Crippen molar-refractivity contribution in [1.82, 2.24) is 0 Å². The van der Waals surface area contributed by atoms with Crippen LogP contribution in [0.5, 0.6) is 0 Å². The van der Waals surface area contributed by atoms with Gasteiger partial charge < -0.3 is 5.32 Å². The van der Waals surface area contributed by atoms with Gasteiger partial charge in [-0.2, -0.15) is 12.6 Å². The largest absolute Gasteiger partial charge is 0.326 e. The summed E-state index contributed by atoms with van der Waals surface area (Å²) in [5.74, 6) is 0.638. The van der Waals surface area contributed by atoms with E-state index in [0.29, 0.717) is 5.75 Å². The van der Waals surface area contributed by atoms with Crippen molar-refractivity contribution in [1.29, 1.82) is 0 Å². The van der Waals surface area contributed by atoms with Gasteiger partial charge in [0.1, 0.15) is 0 Å². The van der Waals surface area contributed by atoms with Crippen molar-refractivity contribution in [3.8, 4) is 0 Å². The molecule has 0 radical (unpaired) electrons. The summed E-state index contributed by atoms with van der Waals surface area (Å²) in [7, 11) is 0. The molecule has 1 amide bonds. The second kappa shape index (κ2) is 4.16. The summed E-state index contributed by atoms with van der Waals surface area (Å²) in [4.78, 5) is 10.7. The highest BCUT2D eigenvalue weighted by molar-refractivity contribution is 7.79. The first-order valence-corrected chi connectivity index (χ1v) is 4.33. The van der Waals surface area contributed by atoms with Crippen LogP contribution < -0.4 is 5.32 Å². The third-order valence-electron chi connectivity index (χ3n) is 1.43. The van der Waals surface area contributed by atoms with E-state index in [4.69, 9.17) is 0 Å². The summed E-state index contributed by atoms with van der Waals surface area (Å²) in [6.45, 7) is 1.49. The van der Waals surface area contributed by atoms with E-state index < -0.39 is 0 Å². The van der Waals surface area contributed by atoms with Gasteiger partial charge in [0, 0.05) is 18.4 Å². The third kappa shape index (κ3) is 2.58. The van der Waals surface area contributed by atoms with Crippen molar-refractivity contribution >= 4 is 24.2 Å². The van der Waals surface area contributed by atoms with Gasteiger partial charge in [0.25, 0.3) is 0 Å². The third-order valence-corrected chi connectivity index (χ3v) is 1.80. The van der Waals surface area contributed by atoms with E-state index in [0.717, 1.165) is 11.3 Å². The maximum Gasteiger partial charge on any atom is 0.221 e. The highest BCUT2D eigenvalue weighted by Crippen LogP contribution is 2.11. The van der Waals surface area contributed by atoms with Gasteiger partial charge in [-0.1, -0.05) is 12.1 Å². The monoisotopic (exact) mass is 181 g/mol. The first-order valence-electron chi connectivity index (χ1n) is 3.70. The van der Waals surface area contributed by atoms with Gasteiger partial charge in [0.2, 0.25) is 5.91 Å². The summed E-state index contributed by atoms with van der Waals surface area (Å²) < 4.78 is 0. The molecule has 0 saturated carbocycles. The van der Waals surface area contributed by atoms with E-state index in [-0.39, 0.29) is 5.91 Å². The van der Waals surface area contributed by atoms with E-state index in [1.54, 1.807) is 0 Å². The highest BCUT2D eigenvalue weighted by Gasteiger charge is 1.95. The van der Waals surface area contributed by atoms with Crippen LogP contribution in [0.15, 0.2) is 24.3 Å². The fraction of sp³-hybridized carbons (Fsp3) is 0.222. The predicted molar refractivity (Wildman–Crippen MR) is 53.4 cm³/mol. The molecule has 0 aliphatic rings. The molecule has 3 heteroatoms. The number of hydrogen-bond acceptors (Lipinski definition) is 2. The Morgan fingerprint density at radius 3 is 2.92 bits per heavy atom. The molecule has 0 heterocycles. The molecule has 0 aliphatic heterocycles. The van der Waals surface area contributed by atoms with Gasteiger partial charge in [-0.15, -0.1) is 0 Å². The standard InChI is InChI=1S/C9H11NOS/c1-7(11)10-9-4-2-3-8(5-9)6-12/h2-5,12H,6H2,1H3,(H,10,11). The maximum atomic E-state index is 10.7.